The van der Waals surface area contributed by atoms with Gasteiger partial charge in [-0.25, -0.2) is 0 Å². The average Bonchev–Trinajstić information content (AvgIpc) is 2.43. The summed E-state index contributed by atoms with van der Waals surface area (Å²) >= 11 is 0. The van der Waals surface area contributed by atoms with E-state index in [4.69, 9.17) is 14.2 Å². The molecule has 0 bridgehead atoms. The Morgan fingerprint density at radius 2 is 2.00 bits per heavy atom. The van der Waals surface area contributed by atoms with E-state index in [2.05, 4.69) is 17.5 Å². The Bertz CT molecular complexity index is 416. The van der Waals surface area contributed by atoms with Crippen LogP contribution in [-0.2, 0) is 4.74 Å². The fourth-order valence-corrected chi connectivity index (χ4v) is 1.69. The Kier molecular flexibility index (Phi) is 7.77. The van der Waals surface area contributed by atoms with E-state index >= 15 is 0 Å². The van der Waals surface area contributed by atoms with Crippen LogP contribution in [0.1, 0.15) is 19.4 Å². The lowest BCUT2D eigenvalue weighted by Crippen LogP contribution is -2.18. The second kappa shape index (κ2) is 9.39. The Hall–Kier alpha value is -1.52. The standard InChI is InChI=1S/C16H25NO3/c1-13(2)20-15-8-7-14(12-16(15)19-4)6-5-9-17-10-11-18-3/h5-8,12-13,17H,9-11H2,1-4H3. The van der Waals surface area contributed by atoms with Gasteiger partial charge in [0.2, 0.25) is 0 Å². The van der Waals surface area contributed by atoms with E-state index < -0.39 is 0 Å². The van der Waals surface area contributed by atoms with Gasteiger partial charge in [0.05, 0.1) is 19.8 Å². The molecule has 0 fully saturated rings. The van der Waals surface area contributed by atoms with Crippen LogP contribution in [0.5, 0.6) is 11.5 Å². The lowest BCUT2D eigenvalue weighted by Gasteiger charge is -2.13. The highest BCUT2D eigenvalue weighted by molar-refractivity contribution is 5.56. The summed E-state index contributed by atoms with van der Waals surface area (Å²) in [5, 5.41) is 3.25. The molecule has 1 aromatic carbocycles. The molecule has 4 heteroatoms. The third-order valence-electron chi connectivity index (χ3n) is 2.61. The second-order valence-electron chi connectivity index (χ2n) is 4.68. The molecule has 0 aromatic heterocycles. The third kappa shape index (κ3) is 6.08. The highest BCUT2D eigenvalue weighted by atomic mass is 16.5. The van der Waals surface area contributed by atoms with E-state index in [1.807, 2.05) is 32.0 Å². The first-order valence-electron chi connectivity index (χ1n) is 6.88. The fourth-order valence-electron chi connectivity index (χ4n) is 1.69. The van der Waals surface area contributed by atoms with Crippen molar-refractivity contribution in [1.29, 1.82) is 0 Å². The van der Waals surface area contributed by atoms with Gasteiger partial charge >= 0.3 is 0 Å². The molecule has 0 radical (unpaired) electrons. The number of ether oxygens (including phenoxy) is 3. The number of benzene rings is 1. The lowest BCUT2D eigenvalue weighted by atomic mass is 10.2. The molecule has 0 unspecified atom stereocenters. The van der Waals surface area contributed by atoms with Crippen molar-refractivity contribution in [2.75, 3.05) is 33.9 Å². The quantitative estimate of drug-likeness (QED) is 0.706. The number of nitrogens with one attached hydrogen (secondary N) is 1. The zero-order valence-electron chi connectivity index (χ0n) is 12.8. The predicted molar refractivity (Wildman–Crippen MR) is 82.5 cm³/mol. The fraction of sp³-hybridized carbons (Fsp3) is 0.500. The summed E-state index contributed by atoms with van der Waals surface area (Å²) in [5.41, 5.74) is 1.09. The summed E-state index contributed by atoms with van der Waals surface area (Å²) in [6, 6.07) is 5.94. The molecule has 0 aliphatic heterocycles. The van der Waals surface area contributed by atoms with E-state index in [0.717, 1.165) is 36.8 Å². The van der Waals surface area contributed by atoms with Crippen LogP contribution in [-0.4, -0.2) is 40.0 Å². The van der Waals surface area contributed by atoms with Crippen molar-refractivity contribution in [3.05, 3.63) is 29.8 Å². The Balaban J connectivity index is 2.56. The van der Waals surface area contributed by atoms with Gasteiger partial charge in [0.25, 0.3) is 0 Å². The van der Waals surface area contributed by atoms with Crippen LogP contribution in [0.4, 0.5) is 0 Å². The topological polar surface area (TPSA) is 39.7 Å². The highest BCUT2D eigenvalue weighted by Crippen LogP contribution is 2.29. The van der Waals surface area contributed by atoms with Crippen LogP contribution in [0.3, 0.4) is 0 Å². The summed E-state index contributed by atoms with van der Waals surface area (Å²) in [6.45, 7) is 6.39. The van der Waals surface area contributed by atoms with Gasteiger partial charge in [-0.3, -0.25) is 0 Å². The smallest absolute Gasteiger partial charge is 0.161 e. The van der Waals surface area contributed by atoms with Crippen molar-refractivity contribution >= 4 is 6.08 Å². The van der Waals surface area contributed by atoms with Gasteiger partial charge in [-0.15, -0.1) is 0 Å². The monoisotopic (exact) mass is 279 g/mol. The van der Waals surface area contributed by atoms with E-state index in [0.29, 0.717) is 0 Å². The van der Waals surface area contributed by atoms with Crippen molar-refractivity contribution in [2.45, 2.75) is 20.0 Å². The zero-order valence-corrected chi connectivity index (χ0v) is 12.8. The Morgan fingerprint density at radius 3 is 2.65 bits per heavy atom. The zero-order chi connectivity index (χ0) is 14.8. The molecule has 4 nitrogen and oxygen atoms in total. The minimum absolute atomic E-state index is 0.135. The molecule has 20 heavy (non-hydrogen) atoms. The van der Waals surface area contributed by atoms with Gasteiger partial charge in [0, 0.05) is 20.2 Å². The minimum Gasteiger partial charge on any atom is -0.493 e. The molecular weight excluding hydrogens is 254 g/mol. The number of methoxy groups -OCH3 is 2. The molecule has 0 aliphatic rings. The van der Waals surface area contributed by atoms with Crippen molar-refractivity contribution < 1.29 is 14.2 Å². The van der Waals surface area contributed by atoms with E-state index in [1.54, 1.807) is 14.2 Å². The first-order chi connectivity index (χ1) is 9.67. The molecule has 0 saturated heterocycles. The number of hydrogen-bond acceptors (Lipinski definition) is 4. The molecule has 0 heterocycles. The van der Waals surface area contributed by atoms with Gasteiger partial charge in [-0.1, -0.05) is 18.2 Å². The van der Waals surface area contributed by atoms with Crippen LogP contribution >= 0.6 is 0 Å². The molecule has 0 amide bonds. The molecule has 1 N–H and O–H groups in total. The summed E-state index contributed by atoms with van der Waals surface area (Å²) in [7, 11) is 3.35. The van der Waals surface area contributed by atoms with Crippen molar-refractivity contribution in [2.24, 2.45) is 0 Å². The average molecular weight is 279 g/mol. The summed E-state index contributed by atoms with van der Waals surface area (Å²) in [6.07, 6.45) is 4.27. The molecule has 0 aliphatic carbocycles. The summed E-state index contributed by atoms with van der Waals surface area (Å²) in [5.74, 6) is 1.53. The van der Waals surface area contributed by atoms with Crippen LogP contribution in [0.15, 0.2) is 24.3 Å². The maximum absolute atomic E-state index is 5.69. The molecule has 0 spiro atoms. The van der Waals surface area contributed by atoms with E-state index in [-0.39, 0.29) is 6.10 Å². The first kappa shape index (κ1) is 16.5. The largest absolute Gasteiger partial charge is 0.493 e. The first-order valence-corrected chi connectivity index (χ1v) is 6.88. The minimum atomic E-state index is 0.135. The maximum atomic E-state index is 5.69. The highest BCUT2D eigenvalue weighted by Gasteiger charge is 2.06. The normalized spacial score (nSPS) is 11.2. The molecular formula is C16H25NO3. The van der Waals surface area contributed by atoms with Crippen LogP contribution in [0, 0.1) is 0 Å². The third-order valence-corrected chi connectivity index (χ3v) is 2.61. The predicted octanol–water partition coefficient (Wildman–Crippen LogP) is 2.73. The Morgan fingerprint density at radius 1 is 1.20 bits per heavy atom. The maximum Gasteiger partial charge on any atom is 0.161 e. The van der Waals surface area contributed by atoms with E-state index in [1.165, 1.54) is 0 Å². The van der Waals surface area contributed by atoms with Crippen molar-refractivity contribution in [3.8, 4) is 11.5 Å². The van der Waals surface area contributed by atoms with Crippen molar-refractivity contribution in [3.63, 3.8) is 0 Å². The van der Waals surface area contributed by atoms with E-state index in [9.17, 15) is 0 Å². The van der Waals surface area contributed by atoms with Crippen LogP contribution < -0.4 is 14.8 Å². The molecule has 1 aromatic rings. The van der Waals surface area contributed by atoms with Gasteiger partial charge in [0.15, 0.2) is 11.5 Å². The Labute approximate surface area is 121 Å². The number of hydrogen-bond donors (Lipinski definition) is 1. The summed E-state index contributed by atoms with van der Waals surface area (Å²) in [4.78, 5) is 0. The molecule has 0 atom stereocenters. The van der Waals surface area contributed by atoms with Crippen LogP contribution in [0.2, 0.25) is 0 Å². The number of rotatable bonds is 9. The summed E-state index contributed by atoms with van der Waals surface area (Å²) < 4.78 is 16.0. The van der Waals surface area contributed by atoms with Crippen molar-refractivity contribution in [1.82, 2.24) is 5.32 Å². The van der Waals surface area contributed by atoms with Gasteiger partial charge in [-0.05, 0) is 31.5 Å². The van der Waals surface area contributed by atoms with Crippen LogP contribution in [0.25, 0.3) is 6.08 Å². The van der Waals surface area contributed by atoms with Gasteiger partial charge < -0.3 is 19.5 Å². The molecule has 112 valence electrons. The SMILES string of the molecule is COCCNCC=Cc1ccc(OC(C)C)c(OC)c1. The lowest BCUT2D eigenvalue weighted by molar-refractivity contribution is 0.200. The second-order valence-corrected chi connectivity index (χ2v) is 4.68. The molecule has 0 saturated carbocycles. The van der Waals surface area contributed by atoms with Gasteiger partial charge in [0.1, 0.15) is 0 Å². The van der Waals surface area contributed by atoms with Gasteiger partial charge in [-0.2, -0.15) is 0 Å². The molecule has 1 rings (SSSR count).